The first-order valence-corrected chi connectivity index (χ1v) is 10.7. The summed E-state index contributed by atoms with van der Waals surface area (Å²) in [6.07, 6.45) is 3.73. The molecule has 1 saturated carbocycles. The highest BCUT2D eigenvalue weighted by Gasteiger charge is 2.44. The number of fused-ring (bicyclic) bond motifs is 1. The summed E-state index contributed by atoms with van der Waals surface area (Å²) < 4.78 is 51.4. The maximum atomic E-state index is 14.0. The fourth-order valence-electron chi connectivity index (χ4n) is 3.53. The zero-order valence-electron chi connectivity index (χ0n) is 16.1. The van der Waals surface area contributed by atoms with Gasteiger partial charge in [0.15, 0.2) is 11.5 Å². The molecular weight excluding hydrogens is 399 g/mol. The first kappa shape index (κ1) is 19.7. The first-order valence-electron chi connectivity index (χ1n) is 9.26. The summed E-state index contributed by atoms with van der Waals surface area (Å²) in [4.78, 5) is 12.1. The Kier molecular flexibility index (Phi) is 4.74. The van der Waals surface area contributed by atoms with Gasteiger partial charge in [0.25, 0.3) is 11.7 Å². The Morgan fingerprint density at radius 3 is 2.45 bits per heavy atom. The van der Waals surface area contributed by atoms with Crippen LogP contribution >= 0.6 is 0 Å². The summed E-state index contributed by atoms with van der Waals surface area (Å²) in [6.45, 7) is 0. The molecule has 4 rings (SSSR count). The second-order valence-corrected chi connectivity index (χ2v) is 9.49. The fraction of sp³-hybridized carbons (Fsp3) is 0.350. The van der Waals surface area contributed by atoms with Crippen LogP contribution in [0.4, 0.5) is 10.1 Å². The molecule has 2 aliphatic rings. The van der Waals surface area contributed by atoms with Gasteiger partial charge >= 0.3 is 0 Å². The van der Waals surface area contributed by atoms with E-state index in [0.717, 1.165) is 42.1 Å². The van der Waals surface area contributed by atoms with Crippen LogP contribution in [0.1, 0.15) is 36.0 Å². The molecule has 0 bridgehead atoms. The van der Waals surface area contributed by atoms with Gasteiger partial charge in [-0.05, 0) is 43.2 Å². The molecule has 1 fully saturated rings. The standard InChI is InChI=1S/C20H21FN2O5S/c1-23(2)29(25,26)18-11-13(5-7-15(18)21)19(24)22-14-6-8-16-17(12-14)28-20(27-16)9-3-4-10-20/h5-8,11-12H,3-4,9-10H2,1-2H3,(H,22,24). The number of rotatable bonds is 4. The van der Waals surface area contributed by atoms with Crippen molar-refractivity contribution in [2.75, 3.05) is 19.4 Å². The summed E-state index contributed by atoms with van der Waals surface area (Å²) in [6, 6.07) is 8.30. The molecule has 2 aromatic carbocycles. The summed E-state index contributed by atoms with van der Waals surface area (Å²) in [5.74, 6) is -0.891. The van der Waals surface area contributed by atoms with Gasteiger partial charge in [0.2, 0.25) is 10.0 Å². The van der Waals surface area contributed by atoms with Crippen LogP contribution in [0.2, 0.25) is 0 Å². The molecule has 29 heavy (non-hydrogen) atoms. The summed E-state index contributed by atoms with van der Waals surface area (Å²) >= 11 is 0. The predicted octanol–water partition coefficient (Wildman–Crippen LogP) is 3.37. The van der Waals surface area contributed by atoms with E-state index in [1.807, 2.05) is 0 Å². The van der Waals surface area contributed by atoms with E-state index in [1.165, 1.54) is 20.2 Å². The normalized spacial score (nSPS) is 17.1. The SMILES string of the molecule is CN(C)S(=O)(=O)c1cc(C(=O)Nc2ccc3c(c2)OC2(CCCC2)O3)ccc1F. The maximum absolute atomic E-state index is 14.0. The zero-order valence-corrected chi connectivity index (χ0v) is 16.9. The monoisotopic (exact) mass is 420 g/mol. The van der Waals surface area contributed by atoms with Crippen LogP contribution < -0.4 is 14.8 Å². The Bertz CT molecular complexity index is 1080. The molecule has 1 aliphatic carbocycles. The van der Waals surface area contributed by atoms with Gasteiger partial charge in [-0.25, -0.2) is 17.1 Å². The molecule has 7 nitrogen and oxygen atoms in total. The molecule has 0 unspecified atom stereocenters. The molecule has 2 aromatic rings. The molecule has 0 aromatic heterocycles. The van der Waals surface area contributed by atoms with E-state index in [4.69, 9.17) is 9.47 Å². The predicted molar refractivity (Wildman–Crippen MR) is 104 cm³/mol. The minimum atomic E-state index is -4.02. The quantitative estimate of drug-likeness (QED) is 0.820. The van der Waals surface area contributed by atoms with E-state index in [9.17, 15) is 17.6 Å². The molecule has 0 atom stereocenters. The van der Waals surface area contributed by atoms with Crippen LogP contribution in [-0.2, 0) is 10.0 Å². The Balaban J connectivity index is 1.55. The Morgan fingerprint density at radius 1 is 1.07 bits per heavy atom. The van der Waals surface area contributed by atoms with E-state index in [0.29, 0.717) is 17.2 Å². The second kappa shape index (κ2) is 7.00. The third-order valence-corrected chi connectivity index (χ3v) is 6.94. The Labute approximate surface area is 168 Å². The van der Waals surface area contributed by atoms with Crippen LogP contribution in [0.3, 0.4) is 0 Å². The summed E-state index contributed by atoms with van der Waals surface area (Å²) in [5, 5.41) is 2.69. The number of halogens is 1. The average molecular weight is 420 g/mol. The average Bonchev–Trinajstić information content (AvgIpc) is 3.27. The van der Waals surface area contributed by atoms with Gasteiger partial charge in [0.1, 0.15) is 10.7 Å². The largest absolute Gasteiger partial charge is 0.448 e. The number of carbonyl (C=O) groups excluding carboxylic acids is 1. The van der Waals surface area contributed by atoms with Crippen molar-refractivity contribution in [3.8, 4) is 11.5 Å². The molecular formula is C20H21FN2O5S. The van der Waals surface area contributed by atoms with Crippen LogP contribution in [0.25, 0.3) is 0 Å². The molecule has 1 spiro atoms. The Morgan fingerprint density at radius 2 is 1.76 bits per heavy atom. The number of amides is 1. The number of nitrogens with one attached hydrogen (secondary N) is 1. The number of ether oxygens (including phenoxy) is 2. The summed E-state index contributed by atoms with van der Waals surface area (Å²) in [7, 11) is -1.42. The zero-order chi connectivity index (χ0) is 20.8. The van der Waals surface area contributed by atoms with Gasteiger partial charge in [-0.3, -0.25) is 4.79 Å². The minimum absolute atomic E-state index is 0.0248. The number of nitrogens with zero attached hydrogens (tertiary/aromatic N) is 1. The number of sulfonamides is 1. The van der Waals surface area contributed by atoms with Crippen molar-refractivity contribution < 1.29 is 27.1 Å². The topological polar surface area (TPSA) is 84.9 Å². The van der Waals surface area contributed by atoms with E-state index < -0.39 is 32.4 Å². The fourth-order valence-corrected chi connectivity index (χ4v) is 4.52. The van der Waals surface area contributed by atoms with Gasteiger partial charge in [0, 0.05) is 44.3 Å². The lowest BCUT2D eigenvalue weighted by Crippen LogP contribution is -2.34. The van der Waals surface area contributed by atoms with Crippen molar-refractivity contribution in [3.63, 3.8) is 0 Å². The first-order chi connectivity index (χ1) is 13.7. The van der Waals surface area contributed by atoms with E-state index in [-0.39, 0.29) is 5.56 Å². The van der Waals surface area contributed by atoms with Crippen LogP contribution in [0.15, 0.2) is 41.3 Å². The van der Waals surface area contributed by atoms with Crippen molar-refractivity contribution in [1.29, 1.82) is 0 Å². The van der Waals surface area contributed by atoms with Gasteiger partial charge in [-0.1, -0.05) is 0 Å². The second-order valence-electron chi connectivity index (χ2n) is 7.37. The number of anilines is 1. The van der Waals surface area contributed by atoms with Gasteiger partial charge in [0.05, 0.1) is 0 Å². The molecule has 1 heterocycles. The lowest BCUT2D eigenvalue weighted by atomic mass is 10.2. The molecule has 154 valence electrons. The summed E-state index contributed by atoms with van der Waals surface area (Å²) in [5.41, 5.74) is 0.491. The van der Waals surface area contributed by atoms with Gasteiger partial charge < -0.3 is 14.8 Å². The smallest absolute Gasteiger partial charge is 0.255 e. The maximum Gasteiger partial charge on any atom is 0.255 e. The lowest BCUT2D eigenvalue weighted by molar-refractivity contribution is -0.0716. The van der Waals surface area contributed by atoms with E-state index >= 15 is 0 Å². The minimum Gasteiger partial charge on any atom is -0.448 e. The molecule has 9 heteroatoms. The van der Waals surface area contributed by atoms with Crippen LogP contribution in [-0.4, -0.2) is 38.5 Å². The highest BCUT2D eigenvalue weighted by Crippen LogP contribution is 2.47. The van der Waals surface area contributed by atoms with Crippen molar-refractivity contribution in [1.82, 2.24) is 4.31 Å². The molecule has 1 N–H and O–H groups in total. The molecule has 1 aliphatic heterocycles. The van der Waals surface area contributed by atoms with Crippen molar-refractivity contribution in [3.05, 3.63) is 47.8 Å². The molecule has 0 radical (unpaired) electrons. The Hall–Kier alpha value is -2.65. The highest BCUT2D eigenvalue weighted by molar-refractivity contribution is 7.89. The number of hydrogen-bond acceptors (Lipinski definition) is 5. The van der Waals surface area contributed by atoms with Crippen LogP contribution in [0, 0.1) is 5.82 Å². The third-order valence-electron chi connectivity index (χ3n) is 5.11. The lowest BCUT2D eigenvalue weighted by Gasteiger charge is -2.21. The molecule has 0 saturated heterocycles. The number of hydrogen-bond donors (Lipinski definition) is 1. The van der Waals surface area contributed by atoms with Gasteiger partial charge in [-0.15, -0.1) is 0 Å². The highest BCUT2D eigenvalue weighted by atomic mass is 32.2. The molecule has 1 amide bonds. The van der Waals surface area contributed by atoms with E-state index in [1.54, 1.807) is 18.2 Å². The van der Waals surface area contributed by atoms with Gasteiger partial charge in [-0.2, -0.15) is 0 Å². The van der Waals surface area contributed by atoms with E-state index in [2.05, 4.69) is 5.32 Å². The van der Waals surface area contributed by atoms with Crippen LogP contribution in [0.5, 0.6) is 11.5 Å². The van der Waals surface area contributed by atoms with Crippen molar-refractivity contribution in [2.45, 2.75) is 36.4 Å². The van der Waals surface area contributed by atoms with Crippen molar-refractivity contribution in [2.24, 2.45) is 0 Å². The van der Waals surface area contributed by atoms with Crippen molar-refractivity contribution >= 4 is 21.6 Å². The number of carbonyl (C=O) groups is 1. The third kappa shape index (κ3) is 3.56. The number of benzene rings is 2.